The lowest BCUT2D eigenvalue weighted by molar-refractivity contribution is 0.0600. The molecule has 0 bridgehead atoms. The molecule has 1 heterocycles. The van der Waals surface area contributed by atoms with Crippen LogP contribution in [-0.2, 0) is 11.3 Å². The number of hydrogen-bond donors (Lipinski definition) is 1. The van der Waals surface area contributed by atoms with Crippen LogP contribution in [0.25, 0.3) is 16.7 Å². The van der Waals surface area contributed by atoms with Gasteiger partial charge in [0.15, 0.2) is 11.5 Å². The molecule has 144 valence electrons. The summed E-state index contributed by atoms with van der Waals surface area (Å²) in [6.07, 6.45) is 2.83. The van der Waals surface area contributed by atoms with Crippen LogP contribution in [0.1, 0.15) is 21.5 Å². The van der Waals surface area contributed by atoms with Gasteiger partial charge in [-0.2, -0.15) is 0 Å². The van der Waals surface area contributed by atoms with Crippen LogP contribution in [-0.4, -0.2) is 25.3 Å². The predicted octanol–water partition coefficient (Wildman–Crippen LogP) is 4.80. The first-order chi connectivity index (χ1) is 13.4. The fourth-order valence-corrected chi connectivity index (χ4v) is 3.16. The molecule has 1 N–H and O–H groups in total. The van der Waals surface area contributed by atoms with Crippen molar-refractivity contribution in [1.82, 2.24) is 0 Å². The van der Waals surface area contributed by atoms with Crippen molar-refractivity contribution in [3.63, 3.8) is 0 Å². The molecule has 0 spiro atoms. The van der Waals surface area contributed by atoms with Crippen molar-refractivity contribution in [2.24, 2.45) is 0 Å². The molecule has 0 unspecified atom stereocenters. The highest BCUT2D eigenvalue weighted by atomic mass is 19.1. The van der Waals surface area contributed by atoms with Crippen molar-refractivity contribution < 1.29 is 28.5 Å². The third-order valence-corrected chi connectivity index (χ3v) is 4.47. The van der Waals surface area contributed by atoms with E-state index < -0.39 is 11.8 Å². The van der Waals surface area contributed by atoms with Crippen molar-refractivity contribution in [2.75, 3.05) is 14.2 Å². The van der Waals surface area contributed by atoms with Crippen molar-refractivity contribution in [3.8, 4) is 28.4 Å². The van der Waals surface area contributed by atoms with Crippen LogP contribution in [0, 0.1) is 0 Å². The molecule has 0 saturated carbocycles. The molecular formula is C22H19FO5. The van der Waals surface area contributed by atoms with Gasteiger partial charge in [-0.25, -0.2) is 9.18 Å². The zero-order valence-corrected chi connectivity index (χ0v) is 15.5. The zero-order valence-electron chi connectivity index (χ0n) is 15.5. The smallest absolute Gasteiger partial charge is 0.338 e. The maximum absolute atomic E-state index is 14.1. The summed E-state index contributed by atoms with van der Waals surface area (Å²) in [6.45, 7) is 7.12. The molecule has 3 rings (SSSR count). The van der Waals surface area contributed by atoms with Crippen molar-refractivity contribution in [2.45, 2.75) is 6.61 Å². The number of carbonyl (C=O) groups is 1. The van der Waals surface area contributed by atoms with Crippen LogP contribution in [0.2, 0.25) is 0 Å². The fraction of sp³-hybridized carbons (Fsp3) is 0.136. The molecule has 1 aliphatic rings. The van der Waals surface area contributed by atoms with E-state index in [2.05, 4.69) is 13.2 Å². The van der Waals surface area contributed by atoms with E-state index in [0.717, 1.165) is 11.1 Å². The molecule has 0 aliphatic carbocycles. The number of rotatable bonds is 5. The predicted molar refractivity (Wildman–Crippen MR) is 104 cm³/mol. The number of aromatic hydroxyl groups is 1. The molecular weight excluding hydrogens is 363 g/mol. The minimum Gasteiger partial charge on any atom is -0.504 e. The van der Waals surface area contributed by atoms with E-state index in [1.807, 2.05) is 0 Å². The highest BCUT2D eigenvalue weighted by Crippen LogP contribution is 2.45. The van der Waals surface area contributed by atoms with Gasteiger partial charge in [0.25, 0.3) is 0 Å². The Morgan fingerprint density at radius 3 is 2.57 bits per heavy atom. The van der Waals surface area contributed by atoms with E-state index in [0.29, 0.717) is 17.1 Å². The number of phenolic OH excluding ortho intramolecular Hbond substituents is 1. The fourth-order valence-electron chi connectivity index (χ4n) is 3.16. The number of esters is 1. The van der Waals surface area contributed by atoms with Crippen molar-refractivity contribution >= 4 is 11.5 Å². The van der Waals surface area contributed by atoms with E-state index in [1.54, 1.807) is 24.3 Å². The van der Waals surface area contributed by atoms with E-state index in [4.69, 9.17) is 14.2 Å². The molecule has 5 nitrogen and oxygen atoms in total. The first-order valence-electron chi connectivity index (χ1n) is 8.38. The first-order valence-corrected chi connectivity index (χ1v) is 8.38. The lowest BCUT2D eigenvalue weighted by Crippen LogP contribution is -2.11. The number of carbonyl (C=O) groups excluding carboxylic acids is 1. The standard InChI is InChI=1S/C22H19FO5/c1-5-6-14(12(2)23)16-10-20-17(8-18(16)22(25)27-4)15-9-21(26-3)19(24)7-13(15)11-28-20/h5-10,24H,1-2,11H2,3-4H3/b14-6+. The molecule has 0 fully saturated rings. The Bertz CT molecular complexity index is 1020. The summed E-state index contributed by atoms with van der Waals surface area (Å²) < 4.78 is 29.9. The Labute approximate surface area is 162 Å². The van der Waals surface area contributed by atoms with Gasteiger partial charge in [0.2, 0.25) is 0 Å². The molecule has 0 aromatic heterocycles. The maximum atomic E-state index is 14.1. The number of hydrogen-bond acceptors (Lipinski definition) is 5. The van der Waals surface area contributed by atoms with Gasteiger partial charge in [-0.05, 0) is 29.8 Å². The Hall–Kier alpha value is -3.54. The van der Waals surface area contributed by atoms with E-state index >= 15 is 0 Å². The Kier molecular flexibility index (Phi) is 5.22. The van der Waals surface area contributed by atoms with Gasteiger partial charge in [-0.15, -0.1) is 0 Å². The summed E-state index contributed by atoms with van der Waals surface area (Å²) in [5.74, 6) is -0.610. The molecule has 0 saturated heterocycles. The number of phenols is 1. The van der Waals surface area contributed by atoms with Gasteiger partial charge in [-0.3, -0.25) is 0 Å². The zero-order chi connectivity index (χ0) is 20.4. The molecule has 0 atom stereocenters. The van der Waals surface area contributed by atoms with Crippen LogP contribution in [0.3, 0.4) is 0 Å². The number of halogens is 1. The average molecular weight is 382 g/mol. The second kappa shape index (κ2) is 7.60. The minimum atomic E-state index is -0.715. The molecule has 1 aliphatic heterocycles. The van der Waals surface area contributed by atoms with Crippen LogP contribution in [0.15, 0.2) is 55.4 Å². The Morgan fingerprint density at radius 2 is 1.96 bits per heavy atom. The quantitative estimate of drug-likeness (QED) is 0.594. The maximum Gasteiger partial charge on any atom is 0.338 e. The van der Waals surface area contributed by atoms with Crippen molar-refractivity contribution in [1.29, 1.82) is 0 Å². The lowest BCUT2D eigenvalue weighted by atomic mass is 9.90. The van der Waals surface area contributed by atoms with Gasteiger partial charge >= 0.3 is 5.97 Å². The number of fused-ring (bicyclic) bond motifs is 3. The second-order valence-corrected chi connectivity index (χ2v) is 6.08. The highest BCUT2D eigenvalue weighted by molar-refractivity contribution is 6.00. The summed E-state index contributed by atoms with van der Waals surface area (Å²) in [4.78, 5) is 12.4. The van der Waals surface area contributed by atoms with Crippen LogP contribution < -0.4 is 9.47 Å². The first kappa shape index (κ1) is 19.2. The number of ether oxygens (including phenoxy) is 3. The second-order valence-electron chi connectivity index (χ2n) is 6.08. The summed E-state index contributed by atoms with van der Waals surface area (Å²) >= 11 is 0. The van der Waals surface area contributed by atoms with Crippen molar-refractivity contribution in [3.05, 3.63) is 72.1 Å². The topological polar surface area (TPSA) is 65.0 Å². The van der Waals surface area contributed by atoms with E-state index in [9.17, 15) is 14.3 Å². The Morgan fingerprint density at radius 1 is 1.21 bits per heavy atom. The summed E-state index contributed by atoms with van der Waals surface area (Å²) in [6, 6.07) is 6.37. The Balaban J connectivity index is 2.30. The van der Waals surface area contributed by atoms with Gasteiger partial charge < -0.3 is 19.3 Å². The highest BCUT2D eigenvalue weighted by Gasteiger charge is 2.26. The normalized spacial score (nSPS) is 12.3. The molecule has 2 aromatic carbocycles. The largest absolute Gasteiger partial charge is 0.504 e. The third-order valence-electron chi connectivity index (χ3n) is 4.47. The SMILES string of the molecule is C=C/C=C(\C(=C)F)c1cc2c(cc1C(=O)OC)-c1cc(OC)c(O)cc1CO2. The van der Waals surface area contributed by atoms with Gasteiger partial charge in [0.1, 0.15) is 18.2 Å². The van der Waals surface area contributed by atoms with Gasteiger partial charge in [-0.1, -0.05) is 25.3 Å². The lowest BCUT2D eigenvalue weighted by Gasteiger charge is -2.24. The number of methoxy groups -OCH3 is 2. The van der Waals surface area contributed by atoms with Crippen LogP contribution in [0.5, 0.6) is 17.2 Å². The van der Waals surface area contributed by atoms with E-state index in [1.165, 1.54) is 26.4 Å². The van der Waals surface area contributed by atoms with Gasteiger partial charge in [0.05, 0.1) is 19.8 Å². The minimum absolute atomic E-state index is 0.0111. The van der Waals surface area contributed by atoms with Gasteiger partial charge in [0, 0.05) is 22.3 Å². The number of allylic oxidation sites excluding steroid dienone is 4. The molecule has 0 radical (unpaired) electrons. The third kappa shape index (κ3) is 3.24. The monoisotopic (exact) mass is 382 g/mol. The molecule has 28 heavy (non-hydrogen) atoms. The van der Waals surface area contributed by atoms with Crippen LogP contribution >= 0.6 is 0 Å². The summed E-state index contributed by atoms with van der Waals surface area (Å²) in [5, 5.41) is 10.0. The summed E-state index contributed by atoms with van der Waals surface area (Å²) in [5.41, 5.74) is 2.61. The van der Waals surface area contributed by atoms with Crippen LogP contribution in [0.4, 0.5) is 4.39 Å². The van der Waals surface area contributed by atoms with E-state index in [-0.39, 0.29) is 29.1 Å². The average Bonchev–Trinajstić information content (AvgIpc) is 2.69. The molecule has 0 amide bonds. The molecule has 6 heteroatoms. The summed E-state index contributed by atoms with van der Waals surface area (Å²) in [7, 11) is 2.70. The molecule has 2 aromatic rings. The number of benzene rings is 2.